The molecular weight excluding hydrogens is 390 g/mol. The van der Waals surface area contributed by atoms with Crippen LogP contribution in [-0.2, 0) is 11.8 Å². The fourth-order valence-corrected chi connectivity index (χ4v) is 4.70. The van der Waals surface area contributed by atoms with Crippen molar-refractivity contribution in [2.24, 2.45) is 7.05 Å². The molecule has 0 radical (unpaired) electrons. The molecular formula is C21H23N3O2S2. The van der Waals surface area contributed by atoms with Gasteiger partial charge in [0, 0.05) is 24.5 Å². The van der Waals surface area contributed by atoms with Gasteiger partial charge in [-0.25, -0.2) is 4.98 Å². The van der Waals surface area contributed by atoms with Gasteiger partial charge in [-0.1, -0.05) is 36.0 Å². The van der Waals surface area contributed by atoms with Crippen molar-refractivity contribution >= 4 is 39.2 Å². The topological polar surface area (TPSA) is 64.0 Å². The molecule has 0 aliphatic carbocycles. The molecule has 1 amide bonds. The zero-order valence-electron chi connectivity index (χ0n) is 16.4. The number of rotatable bonds is 6. The van der Waals surface area contributed by atoms with Crippen molar-refractivity contribution in [3.8, 4) is 11.1 Å². The average Bonchev–Trinajstić information content (AvgIpc) is 3.09. The van der Waals surface area contributed by atoms with Gasteiger partial charge in [0.1, 0.15) is 4.83 Å². The van der Waals surface area contributed by atoms with E-state index in [1.54, 1.807) is 20.0 Å². The standard InChI is InChI=1S/C21H23N3O2S2/c1-6-9-22-18(25)14(4)28-21-23-19-17(20(26)24(21)5)16(11-27-19)15-8-7-12(2)13(3)10-15/h6-8,10-11,14H,1,9H2,2-5H3,(H,22,25)/t14-/m1/s1. The van der Waals surface area contributed by atoms with Gasteiger partial charge in [0.25, 0.3) is 5.56 Å². The molecule has 3 rings (SSSR count). The van der Waals surface area contributed by atoms with E-state index in [2.05, 4.69) is 42.9 Å². The van der Waals surface area contributed by atoms with Crippen molar-refractivity contribution in [3.63, 3.8) is 0 Å². The zero-order chi connectivity index (χ0) is 20.4. The Balaban J connectivity index is 2.00. The number of thioether (sulfide) groups is 1. The van der Waals surface area contributed by atoms with Crippen molar-refractivity contribution < 1.29 is 4.79 Å². The number of nitrogens with zero attached hydrogens (tertiary/aromatic N) is 2. The van der Waals surface area contributed by atoms with Crippen LogP contribution < -0.4 is 10.9 Å². The van der Waals surface area contributed by atoms with E-state index in [-0.39, 0.29) is 16.7 Å². The number of hydrogen-bond acceptors (Lipinski definition) is 5. The number of carbonyl (C=O) groups excluding carboxylic acids is 1. The lowest BCUT2D eigenvalue weighted by Crippen LogP contribution is -2.31. The van der Waals surface area contributed by atoms with E-state index in [0.717, 1.165) is 11.1 Å². The first-order valence-corrected chi connectivity index (χ1v) is 10.7. The first-order chi connectivity index (χ1) is 13.3. The summed E-state index contributed by atoms with van der Waals surface area (Å²) in [7, 11) is 1.70. The number of aromatic nitrogens is 2. The van der Waals surface area contributed by atoms with Crippen LogP contribution in [0.1, 0.15) is 18.1 Å². The Hall–Kier alpha value is -2.38. The van der Waals surface area contributed by atoms with Gasteiger partial charge in [0.05, 0.1) is 10.6 Å². The summed E-state index contributed by atoms with van der Waals surface area (Å²) in [6, 6.07) is 6.21. The van der Waals surface area contributed by atoms with Crippen LogP contribution in [0.25, 0.3) is 21.3 Å². The molecule has 0 aliphatic heterocycles. The molecule has 7 heteroatoms. The fourth-order valence-electron chi connectivity index (χ4n) is 2.81. The second kappa shape index (κ2) is 8.32. The molecule has 1 aromatic carbocycles. The first kappa shape index (κ1) is 20.4. The third-order valence-electron chi connectivity index (χ3n) is 4.66. The number of amides is 1. The maximum absolute atomic E-state index is 13.1. The molecule has 0 saturated heterocycles. The van der Waals surface area contributed by atoms with Crippen LogP contribution in [-0.4, -0.2) is 27.3 Å². The van der Waals surface area contributed by atoms with E-state index in [4.69, 9.17) is 0 Å². The summed E-state index contributed by atoms with van der Waals surface area (Å²) < 4.78 is 1.53. The maximum atomic E-state index is 13.1. The molecule has 0 unspecified atom stereocenters. The molecule has 146 valence electrons. The van der Waals surface area contributed by atoms with Crippen LogP contribution >= 0.6 is 23.1 Å². The molecule has 2 heterocycles. The molecule has 0 bridgehead atoms. The monoisotopic (exact) mass is 413 g/mol. The second-order valence-electron chi connectivity index (χ2n) is 6.68. The minimum atomic E-state index is -0.366. The van der Waals surface area contributed by atoms with Crippen molar-refractivity contribution in [2.45, 2.75) is 31.2 Å². The van der Waals surface area contributed by atoms with E-state index < -0.39 is 0 Å². The predicted octanol–water partition coefficient (Wildman–Crippen LogP) is 4.06. The van der Waals surface area contributed by atoms with Gasteiger partial charge in [-0.3, -0.25) is 14.2 Å². The number of aryl methyl sites for hydroxylation is 2. The minimum Gasteiger partial charge on any atom is -0.352 e. The fraction of sp³-hybridized carbons (Fsp3) is 0.286. The van der Waals surface area contributed by atoms with Crippen LogP contribution in [0.5, 0.6) is 0 Å². The molecule has 0 spiro atoms. The normalized spacial score (nSPS) is 12.1. The number of nitrogens with one attached hydrogen (secondary N) is 1. The van der Waals surface area contributed by atoms with Gasteiger partial charge in [0.15, 0.2) is 5.16 Å². The molecule has 0 aliphatic rings. The van der Waals surface area contributed by atoms with Gasteiger partial charge in [-0.15, -0.1) is 17.9 Å². The largest absolute Gasteiger partial charge is 0.352 e. The highest BCUT2D eigenvalue weighted by Crippen LogP contribution is 2.33. The molecule has 1 N–H and O–H groups in total. The Morgan fingerprint density at radius 1 is 1.39 bits per heavy atom. The third-order valence-corrected chi connectivity index (χ3v) is 6.68. The second-order valence-corrected chi connectivity index (χ2v) is 8.85. The van der Waals surface area contributed by atoms with Crippen molar-refractivity contribution in [1.29, 1.82) is 0 Å². The molecule has 28 heavy (non-hydrogen) atoms. The molecule has 1 atom stereocenters. The maximum Gasteiger partial charge on any atom is 0.263 e. The molecule has 0 saturated carbocycles. The van der Waals surface area contributed by atoms with Crippen molar-refractivity contribution in [3.05, 3.63) is 57.7 Å². The molecule has 0 fully saturated rings. The number of carbonyl (C=O) groups is 1. The van der Waals surface area contributed by atoms with E-state index in [1.165, 1.54) is 38.8 Å². The number of benzene rings is 1. The van der Waals surface area contributed by atoms with Gasteiger partial charge in [-0.2, -0.15) is 0 Å². The SMILES string of the molecule is C=CCNC(=O)[C@@H](C)Sc1nc2scc(-c3ccc(C)c(C)c3)c2c(=O)n1C. The number of fused-ring (bicyclic) bond motifs is 1. The lowest BCUT2D eigenvalue weighted by Gasteiger charge is -2.13. The van der Waals surface area contributed by atoms with E-state index in [9.17, 15) is 9.59 Å². The zero-order valence-corrected chi connectivity index (χ0v) is 18.0. The summed E-state index contributed by atoms with van der Waals surface area (Å²) in [5.74, 6) is -0.110. The summed E-state index contributed by atoms with van der Waals surface area (Å²) in [5.41, 5.74) is 4.24. The first-order valence-electron chi connectivity index (χ1n) is 8.94. The van der Waals surface area contributed by atoms with Gasteiger partial charge in [0.2, 0.25) is 5.91 Å². The smallest absolute Gasteiger partial charge is 0.263 e. The summed E-state index contributed by atoms with van der Waals surface area (Å²) >= 11 is 2.73. The van der Waals surface area contributed by atoms with Crippen LogP contribution in [0.15, 0.2) is 46.2 Å². The van der Waals surface area contributed by atoms with E-state index in [1.807, 2.05) is 11.4 Å². The average molecular weight is 414 g/mol. The van der Waals surface area contributed by atoms with E-state index in [0.29, 0.717) is 21.9 Å². The molecule has 5 nitrogen and oxygen atoms in total. The Labute approximate surface area is 172 Å². The van der Waals surface area contributed by atoms with Crippen molar-refractivity contribution in [1.82, 2.24) is 14.9 Å². The summed E-state index contributed by atoms with van der Waals surface area (Å²) in [4.78, 5) is 30.6. The predicted molar refractivity (Wildman–Crippen MR) is 118 cm³/mol. The third kappa shape index (κ3) is 3.91. The minimum absolute atomic E-state index is 0.0966. The summed E-state index contributed by atoms with van der Waals surface area (Å²) in [6.45, 7) is 9.95. The van der Waals surface area contributed by atoms with Gasteiger partial charge >= 0.3 is 0 Å². The Kier molecular flexibility index (Phi) is 6.05. The highest BCUT2D eigenvalue weighted by molar-refractivity contribution is 8.00. The highest BCUT2D eigenvalue weighted by Gasteiger charge is 2.20. The summed E-state index contributed by atoms with van der Waals surface area (Å²) in [5, 5.41) is 5.55. The Bertz CT molecular complexity index is 1110. The molecule has 2 aromatic heterocycles. The molecule has 3 aromatic rings. The van der Waals surface area contributed by atoms with Crippen LogP contribution in [0.2, 0.25) is 0 Å². The van der Waals surface area contributed by atoms with Crippen LogP contribution in [0.4, 0.5) is 0 Å². The lowest BCUT2D eigenvalue weighted by atomic mass is 10.0. The van der Waals surface area contributed by atoms with Crippen LogP contribution in [0, 0.1) is 13.8 Å². The lowest BCUT2D eigenvalue weighted by molar-refractivity contribution is -0.120. The quantitative estimate of drug-likeness (QED) is 0.376. The van der Waals surface area contributed by atoms with Gasteiger partial charge < -0.3 is 5.32 Å². The highest BCUT2D eigenvalue weighted by atomic mass is 32.2. The Morgan fingerprint density at radius 2 is 2.14 bits per heavy atom. The van der Waals surface area contributed by atoms with E-state index >= 15 is 0 Å². The number of thiophene rings is 1. The summed E-state index contributed by atoms with van der Waals surface area (Å²) in [6.07, 6.45) is 1.63. The van der Waals surface area contributed by atoms with Crippen molar-refractivity contribution in [2.75, 3.05) is 6.54 Å². The number of hydrogen-bond donors (Lipinski definition) is 1. The van der Waals surface area contributed by atoms with Gasteiger partial charge in [-0.05, 0) is 37.5 Å². The Morgan fingerprint density at radius 3 is 2.82 bits per heavy atom. The van der Waals surface area contributed by atoms with Crippen LogP contribution in [0.3, 0.4) is 0 Å².